The lowest BCUT2D eigenvalue weighted by Crippen LogP contribution is -2.10. The molecule has 0 bridgehead atoms. The number of pyridine rings is 1. The van der Waals surface area contributed by atoms with E-state index in [1.165, 1.54) is 18.3 Å². The molecule has 2 rings (SSSR count). The Morgan fingerprint density at radius 3 is 2.76 bits per heavy atom. The van der Waals surface area contributed by atoms with Gasteiger partial charge in [-0.05, 0) is 24.4 Å². The van der Waals surface area contributed by atoms with Crippen LogP contribution in [0.3, 0.4) is 0 Å². The van der Waals surface area contributed by atoms with Crippen LogP contribution in [0.1, 0.15) is 16.2 Å². The predicted molar refractivity (Wildman–Crippen MR) is 70.7 cm³/mol. The molecule has 0 aliphatic rings. The third-order valence-electron chi connectivity index (χ3n) is 2.31. The summed E-state index contributed by atoms with van der Waals surface area (Å²) in [6.45, 7) is 0. The van der Waals surface area contributed by atoms with Crippen molar-refractivity contribution in [2.45, 2.75) is 6.18 Å². The summed E-state index contributed by atoms with van der Waals surface area (Å²) in [6, 6.07) is 3.43. The van der Waals surface area contributed by atoms with Gasteiger partial charge in [0.15, 0.2) is 11.5 Å². The molecule has 21 heavy (non-hydrogen) atoms. The van der Waals surface area contributed by atoms with Crippen LogP contribution < -0.4 is 0 Å². The van der Waals surface area contributed by atoms with E-state index < -0.39 is 23.5 Å². The molecule has 2 aromatic heterocycles. The van der Waals surface area contributed by atoms with Crippen LogP contribution >= 0.6 is 23.8 Å². The number of carbonyl (C=O) groups is 1. The molecule has 0 aliphatic carbocycles. The number of isothiocyanates is 1. The number of thiocarbonyl (C=S) groups is 1. The van der Waals surface area contributed by atoms with Crippen molar-refractivity contribution < 1.29 is 18.0 Å². The second-order valence-corrected chi connectivity index (χ2v) is 4.23. The number of aliphatic imine (C=N–C) groups is 1. The minimum Gasteiger partial charge on any atom is -0.264 e. The highest BCUT2D eigenvalue weighted by molar-refractivity contribution is 7.78. The topological polar surface area (TPSA) is 60.1 Å². The highest BCUT2D eigenvalue weighted by Gasteiger charge is 2.36. The number of hydrogen-bond donors (Lipinski definition) is 0. The standard InChI is InChI=1S/C11H4ClF3N4OS/c12-6-2-1-3-16-9(6)19-7(10(20)17-5-21)4-8(18-19)11(13,14)15/h1-4H. The Morgan fingerprint density at radius 1 is 1.48 bits per heavy atom. The molecular weight excluding hydrogens is 329 g/mol. The smallest absolute Gasteiger partial charge is 0.264 e. The van der Waals surface area contributed by atoms with Gasteiger partial charge in [-0.15, -0.1) is 0 Å². The monoisotopic (exact) mass is 332 g/mol. The Kier molecular flexibility index (Phi) is 4.17. The van der Waals surface area contributed by atoms with Gasteiger partial charge in [-0.1, -0.05) is 11.6 Å². The fourth-order valence-electron chi connectivity index (χ4n) is 1.47. The summed E-state index contributed by atoms with van der Waals surface area (Å²) >= 11 is 10.1. The minimum absolute atomic E-state index is 0.0229. The van der Waals surface area contributed by atoms with Crippen LogP contribution in [-0.2, 0) is 6.18 Å². The van der Waals surface area contributed by atoms with E-state index in [0.29, 0.717) is 10.7 Å². The van der Waals surface area contributed by atoms with E-state index in [1.807, 2.05) is 0 Å². The molecule has 0 aliphatic heterocycles. The Morgan fingerprint density at radius 2 is 2.19 bits per heavy atom. The van der Waals surface area contributed by atoms with Gasteiger partial charge in [0.2, 0.25) is 0 Å². The van der Waals surface area contributed by atoms with E-state index >= 15 is 0 Å². The third-order valence-corrected chi connectivity index (χ3v) is 2.69. The largest absolute Gasteiger partial charge is 0.435 e. The summed E-state index contributed by atoms with van der Waals surface area (Å²) in [7, 11) is 0. The molecule has 0 N–H and O–H groups in total. The number of rotatable bonds is 2. The predicted octanol–water partition coefficient (Wildman–Crippen LogP) is 3.18. The number of nitrogens with zero attached hydrogens (tertiary/aromatic N) is 4. The number of carbonyl (C=O) groups excluding carboxylic acids is 1. The van der Waals surface area contributed by atoms with Gasteiger partial charge in [0.25, 0.3) is 0 Å². The lowest BCUT2D eigenvalue weighted by atomic mass is 10.3. The molecule has 108 valence electrons. The van der Waals surface area contributed by atoms with Crippen molar-refractivity contribution in [3.8, 4) is 5.82 Å². The molecule has 0 spiro atoms. The molecule has 0 fully saturated rings. The minimum atomic E-state index is -4.73. The molecule has 2 heterocycles. The van der Waals surface area contributed by atoms with E-state index in [2.05, 4.69) is 27.3 Å². The van der Waals surface area contributed by atoms with Crippen molar-refractivity contribution >= 4 is 34.9 Å². The van der Waals surface area contributed by atoms with Gasteiger partial charge in [0, 0.05) is 12.3 Å². The molecule has 0 saturated carbocycles. The lowest BCUT2D eigenvalue weighted by Gasteiger charge is -2.05. The summed E-state index contributed by atoms with van der Waals surface area (Å²) in [6.07, 6.45) is -3.43. The summed E-state index contributed by atoms with van der Waals surface area (Å²) in [4.78, 5) is 18.6. The van der Waals surface area contributed by atoms with E-state index in [9.17, 15) is 18.0 Å². The average molecular weight is 333 g/mol. The van der Waals surface area contributed by atoms with Crippen molar-refractivity contribution in [1.82, 2.24) is 14.8 Å². The maximum atomic E-state index is 12.7. The van der Waals surface area contributed by atoms with Gasteiger partial charge >= 0.3 is 12.1 Å². The number of alkyl halides is 3. The number of amides is 1. The summed E-state index contributed by atoms with van der Waals surface area (Å²) in [5.41, 5.74) is -1.74. The maximum Gasteiger partial charge on any atom is 0.435 e. The Hall–Kier alpha value is -2.09. The fourth-order valence-corrected chi connectivity index (χ4v) is 1.75. The van der Waals surface area contributed by atoms with Crippen molar-refractivity contribution in [2.24, 2.45) is 4.99 Å². The number of hydrogen-bond acceptors (Lipinski definition) is 4. The van der Waals surface area contributed by atoms with E-state index in [1.54, 1.807) is 5.16 Å². The van der Waals surface area contributed by atoms with Crippen LogP contribution in [0.5, 0.6) is 0 Å². The first kappa shape index (κ1) is 15.3. The average Bonchev–Trinajstić information content (AvgIpc) is 2.84. The second-order valence-electron chi connectivity index (χ2n) is 3.64. The van der Waals surface area contributed by atoms with Crippen molar-refractivity contribution in [3.05, 3.63) is 40.8 Å². The van der Waals surface area contributed by atoms with Gasteiger partial charge in [0.1, 0.15) is 5.69 Å². The molecule has 1 amide bonds. The van der Waals surface area contributed by atoms with E-state index in [0.717, 1.165) is 0 Å². The normalized spacial score (nSPS) is 11.0. The van der Waals surface area contributed by atoms with Crippen LogP contribution in [0.2, 0.25) is 5.02 Å². The van der Waals surface area contributed by atoms with Gasteiger partial charge < -0.3 is 0 Å². The van der Waals surface area contributed by atoms with Crippen LogP contribution in [0, 0.1) is 0 Å². The Balaban J connectivity index is 2.69. The molecule has 0 atom stereocenters. The van der Waals surface area contributed by atoms with E-state index in [-0.39, 0.29) is 10.8 Å². The van der Waals surface area contributed by atoms with Gasteiger partial charge in [0.05, 0.1) is 10.2 Å². The second kappa shape index (κ2) is 5.72. The maximum absolute atomic E-state index is 12.7. The van der Waals surface area contributed by atoms with Crippen LogP contribution in [0.15, 0.2) is 29.4 Å². The summed E-state index contributed by atoms with van der Waals surface area (Å²) in [5, 5.41) is 5.13. The highest BCUT2D eigenvalue weighted by Crippen LogP contribution is 2.30. The zero-order chi connectivity index (χ0) is 15.6. The number of aromatic nitrogens is 3. The van der Waals surface area contributed by atoms with Crippen LogP contribution in [0.25, 0.3) is 5.82 Å². The fraction of sp³-hybridized carbons (Fsp3) is 0.0909. The van der Waals surface area contributed by atoms with Gasteiger partial charge in [-0.2, -0.15) is 23.3 Å². The SMILES string of the molecule is O=C(N=C=S)c1cc(C(F)(F)F)nn1-c1ncccc1Cl. The summed E-state index contributed by atoms with van der Waals surface area (Å²) < 4.78 is 38.9. The zero-order valence-corrected chi connectivity index (χ0v) is 11.5. The molecule has 5 nitrogen and oxygen atoms in total. The number of halogens is 4. The zero-order valence-electron chi connectivity index (χ0n) is 9.93. The van der Waals surface area contributed by atoms with Gasteiger partial charge in [-0.3, -0.25) is 4.79 Å². The third kappa shape index (κ3) is 3.15. The Labute approximate surface area is 126 Å². The summed E-state index contributed by atoms with van der Waals surface area (Å²) in [5.74, 6) is -1.16. The highest BCUT2D eigenvalue weighted by atomic mass is 35.5. The molecule has 0 radical (unpaired) electrons. The van der Waals surface area contributed by atoms with Gasteiger partial charge in [-0.25, -0.2) is 9.67 Å². The first-order chi connectivity index (χ1) is 9.84. The van der Waals surface area contributed by atoms with Crippen molar-refractivity contribution in [3.63, 3.8) is 0 Å². The molecule has 0 saturated heterocycles. The molecule has 2 aromatic rings. The molecule has 0 unspecified atom stereocenters. The van der Waals surface area contributed by atoms with E-state index in [4.69, 9.17) is 11.6 Å². The van der Waals surface area contributed by atoms with Crippen LogP contribution in [0.4, 0.5) is 13.2 Å². The quantitative estimate of drug-likeness (QED) is 0.626. The van der Waals surface area contributed by atoms with Crippen LogP contribution in [-0.4, -0.2) is 25.8 Å². The molecule has 0 aromatic carbocycles. The molecule has 10 heteroatoms. The Bertz CT molecular complexity index is 752. The first-order valence-electron chi connectivity index (χ1n) is 5.25. The van der Waals surface area contributed by atoms with Crippen molar-refractivity contribution in [2.75, 3.05) is 0 Å². The first-order valence-corrected chi connectivity index (χ1v) is 6.03. The molecular formula is C11H4ClF3N4OS. The van der Waals surface area contributed by atoms with Crippen molar-refractivity contribution in [1.29, 1.82) is 0 Å². The lowest BCUT2D eigenvalue weighted by molar-refractivity contribution is -0.141.